The number of hydrogen-bond donors (Lipinski definition) is 0. The molecule has 3 heterocycles. The van der Waals surface area contributed by atoms with E-state index in [0.717, 1.165) is 26.2 Å². The van der Waals surface area contributed by atoms with E-state index in [2.05, 4.69) is 28.5 Å². The molecule has 4 heteroatoms. The molecular weight excluding hydrogens is 238 g/mol. The number of hydrogen-bond acceptors (Lipinski definition) is 2. The second-order valence-corrected chi connectivity index (χ2v) is 6.77. The molecule has 3 rings (SSSR count). The van der Waals surface area contributed by atoms with Crippen molar-refractivity contribution in [2.75, 3.05) is 32.7 Å². The van der Waals surface area contributed by atoms with E-state index in [9.17, 15) is 4.79 Å². The standard InChI is InChI=1S/C15H27N3O/c1-12-5-3-8-17(9-12)15(19)18-11-14-6-4-7-16(14)10-13(18)2/h12-14H,3-11H2,1-2H3. The lowest BCUT2D eigenvalue weighted by atomic mass is 10.0. The quantitative estimate of drug-likeness (QED) is 0.670. The third-order valence-corrected chi connectivity index (χ3v) is 5.11. The molecule has 0 radical (unpaired) electrons. The molecule has 0 aromatic carbocycles. The first-order chi connectivity index (χ1) is 9.15. The SMILES string of the molecule is CC1CCCN(C(=O)N2CC3CCCN3CC2C)C1. The zero-order chi connectivity index (χ0) is 13.4. The van der Waals surface area contributed by atoms with Gasteiger partial charge in [0.15, 0.2) is 0 Å². The van der Waals surface area contributed by atoms with E-state index < -0.39 is 0 Å². The molecule has 108 valence electrons. The molecule has 3 aliphatic heterocycles. The Bertz CT molecular complexity index is 346. The number of urea groups is 1. The van der Waals surface area contributed by atoms with Crippen LogP contribution in [0.5, 0.6) is 0 Å². The molecular formula is C15H27N3O. The van der Waals surface area contributed by atoms with Gasteiger partial charge in [-0.3, -0.25) is 4.90 Å². The Hall–Kier alpha value is -0.770. The van der Waals surface area contributed by atoms with Crippen molar-refractivity contribution in [1.82, 2.24) is 14.7 Å². The van der Waals surface area contributed by atoms with Crippen molar-refractivity contribution in [3.8, 4) is 0 Å². The normalized spacial score (nSPS) is 36.4. The molecule has 0 aliphatic carbocycles. The van der Waals surface area contributed by atoms with Gasteiger partial charge in [-0.05, 0) is 45.1 Å². The van der Waals surface area contributed by atoms with E-state index in [1.165, 1.54) is 32.2 Å². The first-order valence-electron chi connectivity index (χ1n) is 7.94. The maximum absolute atomic E-state index is 12.7. The Kier molecular flexibility index (Phi) is 3.70. The summed E-state index contributed by atoms with van der Waals surface area (Å²) in [5, 5.41) is 0. The van der Waals surface area contributed by atoms with Crippen molar-refractivity contribution in [3.05, 3.63) is 0 Å². The summed E-state index contributed by atoms with van der Waals surface area (Å²) in [5.41, 5.74) is 0. The molecule has 0 aromatic heterocycles. The molecule has 4 nitrogen and oxygen atoms in total. The average molecular weight is 265 g/mol. The molecule has 0 bridgehead atoms. The number of piperidine rings is 1. The van der Waals surface area contributed by atoms with Gasteiger partial charge in [-0.1, -0.05) is 6.92 Å². The van der Waals surface area contributed by atoms with Gasteiger partial charge in [-0.25, -0.2) is 4.79 Å². The molecule has 2 amide bonds. The zero-order valence-corrected chi connectivity index (χ0v) is 12.3. The minimum atomic E-state index is 0.297. The van der Waals surface area contributed by atoms with Crippen LogP contribution in [0.1, 0.15) is 39.5 Å². The molecule has 3 saturated heterocycles. The van der Waals surface area contributed by atoms with E-state index >= 15 is 0 Å². The second kappa shape index (κ2) is 5.31. The van der Waals surface area contributed by atoms with Crippen molar-refractivity contribution in [1.29, 1.82) is 0 Å². The van der Waals surface area contributed by atoms with E-state index in [1.54, 1.807) is 0 Å². The molecule has 3 fully saturated rings. The van der Waals surface area contributed by atoms with Gasteiger partial charge in [-0.15, -0.1) is 0 Å². The summed E-state index contributed by atoms with van der Waals surface area (Å²) in [4.78, 5) is 19.5. The Labute approximate surface area is 116 Å². The van der Waals surface area contributed by atoms with Gasteiger partial charge in [0.25, 0.3) is 0 Å². The van der Waals surface area contributed by atoms with Crippen LogP contribution >= 0.6 is 0 Å². The minimum Gasteiger partial charge on any atom is -0.324 e. The molecule has 19 heavy (non-hydrogen) atoms. The Morgan fingerprint density at radius 1 is 1.00 bits per heavy atom. The van der Waals surface area contributed by atoms with Crippen LogP contribution in [0, 0.1) is 5.92 Å². The average Bonchev–Trinajstić information content (AvgIpc) is 2.84. The van der Waals surface area contributed by atoms with E-state index in [0.29, 0.717) is 24.0 Å². The smallest absolute Gasteiger partial charge is 0.320 e. The number of piperazine rings is 1. The molecule has 3 aliphatic rings. The highest BCUT2D eigenvalue weighted by Gasteiger charge is 2.38. The number of rotatable bonds is 0. The molecule has 3 unspecified atom stereocenters. The Morgan fingerprint density at radius 3 is 2.58 bits per heavy atom. The van der Waals surface area contributed by atoms with Crippen LogP contribution in [0.15, 0.2) is 0 Å². The maximum atomic E-state index is 12.7. The van der Waals surface area contributed by atoms with Crippen LogP contribution in [-0.2, 0) is 0 Å². The fraction of sp³-hybridized carbons (Fsp3) is 0.933. The van der Waals surface area contributed by atoms with Crippen LogP contribution in [0.25, 0.3) is 0 Å². The Balaban J connectivity index is 1.65. The minimum absolute atomic E-state index is 0.297. The van der Waals surface area contributed by atoms with Crippen molar-refractivity contribution in [2.45, 2.75) is 51.6 Å². The predicted molar refractivity (Wildman–Crippen MR) is 76.1 cm³/mol. The summed E-state index contributed by atoms with van der Waals surface area (Å²) in [6.07, 6.45) is 5.02. The summed E-state index contributed by atoms with van der Waals surface area (Å²) < 4.78 is 0. The van der Waals surface area contributed by atoms with Crippen LogP contribution in [-0.4, -0.2) is 65.5 Å². The number of carbonyl (C=O) groups is 1. The van der Waals surface area contributed by atoms with Gasteiger partial charge in [0.05, 0.1) is 0 Å². The highest BCUT2D eigenvalue weighted by molar-refractivity contribution is 5.75. The zero-order valence-electron chi connectivity index (χ0n) is 12.3. The van der Waals surface area contributed by atoms with E-state index in [1.807, 2.05) is 0 Å². The van der Waals surface area contributed by atoms with Gasteiger partial charge < -0.3 is 9.80 Å². The Morgan fingerprint density at radius 2 is 1.79 bits per heavy atom. The molecule has 0 saturated carbocycles. The fourth-order valence-electron chi connectivity index (χ4n) is 4.00. The monoisotopic (exact) mass is 265 g/mol. The van der Waals surface area contributed by atoms with E-state index in [4.69, 9.17) is 0 Å². The van der Waals surface area contributed by atoms with Crippen LogP contribution in [0.2, 0.25) is 0 Å². The molecule has 3 atom stereocenters. The van der Waals surface area contributed by atoms with Crippen molar-refractivity contribution < 1.29 is 4.79 Å². The van der Waals surface area contributed by atoms with E-state index in [-0.39, 0.29) is 0 Å². The highest BCUT2D eigenvalue weighted by atomic mass is 16.2. The summed E-state index contributed by atoms with van der Waals surface area (Å²) in [5.74, 6) is 0.667. The van der Waals surface area contributed by atoms with Crippen LogP contribution < -0.4 is 0 Å². The van der Waals surface area contributed by atoms with Gasteiger partial charge >= 0.3 is 6.03 Å². The molecule has 0 aromatic rings. The summed E-state index contributed by atoms with van der Waals surface area (Å²) in [7, 11) is 0. The van der Waals surface area contributed by atoms with Crippen molar-refractivity contribution in [3.63, 3.8) is 0 Å². The second-order valence-electron chi connectivity index (χ2n) is 6.77. The topological polar surface area (TPSA) is 26.8 Å². The summed E-state index contributed by atoms with van der Waals surface area (Å²) in [6, 6.07) is 1.30. The van der Waals surface area contributed by atoms with Crippen molar-refractivity contribution in [2.24, 2.45) is 5.92 Å². The van der Waals surface area contributed by atoms with Crippen molar-refractivity contribution >= 4 is 6.03 Å². The number of amides is 2. The lowest BCUT2D eigenvalue weighted by Gasteiger charge is -2.45. The third-order valence-electron chi connectivity index (χ3n) is 5.11. The largest absolute Gasteiger partial charge is 0.324 e. The lowest BCUT2D eigenvalue weighted by Crippen LogP contribution is -2.60. The van der Waals surface area contributed by atoms with Crippen LogP contribution in [0.4, 0.5) is 4.79 Å². The third kappa shape index (κ3) is 2.60. The summed E-state index contributed by atoms with van der Waals surface area (Å²) in [6.45, 7) is 9.64. The number of likely N-dealkylation sites (tertiary alicyclic amines) is 1. The number of nitrogens with zero attached hydrogens (tertiary/aromatic N) is 3. The first kappa shape index (κ1) is 13.2. The van der Waals surface area contributed by atoms with Gasteiger partial charge in [0.1, 0.15) is 0 Å². The van der Waals surface area contributed by atoms with Crippen LogP contribution in [0.3, 0.4) is 0 Å². The summed E-state index contributed by atoms with van der Waals surface area (Å²) >= 11 is 0. The first-order valence-corrected chi connectivity index (χ1v) is 7.94. The number of fused-ring (bicyclic) bond motifs is 1. The maximum Gasteiger partial charge on any atom is 0.320 e. The van der Waals surface area contributed by atoms with Gasteiger partial charge in [0, 0.05) is 38.3 Å². The van der Waals surface area contributed by atoms with Gasteiger partial charge in [-0.2, -0.15) is 0 Å². The molecule has 0 spiro atoms. The van der Waals surface area contributed by atoms with Gasteiger partial charge in [0.2, 0.25) is 0 Å². The lowest BCUT2D eigenvalue weighted by molar-refractivity contribution is 0.0565. The fourth-order valence-corrected chi connectivity index (χ4v) is 4.00. The number of carbonyl (C=O) groups excluding carboxylic acids is 1. The molecule has 0 N–H and O–H groups in total. The predicted octanol–water partition coefficient (Wildman–Crippen LogP) is 2.01. The highest BCUT2D eigenvalue weighted by Crippen LogP contribution is 2.26.